The summed E-state index contributed by atoms with van der Waals surface area (Å²) in [5.41, 5.74) is -3.69. The van der Waals surface area contributed by atoms with E-state index in [0.717, 1.165) is 57.8 Å². The van der Waals surface area contributed by atoms with Crippen molar-refractivity contribution in [1.29, 1.82) is 0 Å². The number of carbonyl (C=O) groups is 6. The van der Waals surface area contributed by atoms with Crippen LogP contribution in [0.25, 0.3) is 0 Å². The normalized spacial score (nSPS) is 31.6. The highest BCUT2D eigenvalue weighted by molar-refractivity contribution is 6.10. The molecule has 12 nitrogen and oxygen atoms in total. The van der Waals surface area contributed by atoms with Crippen molar-refractivity contribution < 1.29 is 52.8 Å². The quantitative estimate of drug-likeness (QED) is 0.115. The first-order chi connectivity index (χ1) is 26.8. The molecule has 12 heteroatoms. The Morgan fingerprint density at radius 2 is 1.17 bits per heavy atom. The third-order valence-corrected chi connectivity index (χ3v) is 15.6. The third kappa shape index (κ3) is 12.3. The van der Waals surface area contributed by atoms with Gasteiger partial charge in [0.05, 0.1) is 21.8 Å². The van der Waals surface area contributed by atoms with Gasteiger partial charge in [0.25, 0.3) is 0 Å². The minimum atomic E-state index is -1.30. The average Bonchev–Trinajstić information content (AvgIpc) is 3.89. The van der Waals surface area contributed by atoms with Gasteiger partial charge in [0.15, 0.2) is 5.41 Å². The van der Waals surface area contributed by atoms with Crippen molar-refractivity contribution in [3.05, 3.63) is 0 Å². The molecule has 1 saturated heterocycles. The van der Waals surface area contributed by atoms with Crippen LogP contribution in [0, 0.1) is 45.3 Å². The van der Waals surface area contributed by atoms with Gasteiger partial charge in [0.2, 0.25) is 11.8 Å². The van der Waals surface area contributed by atoms with Crippen LogP contribution in [-0.4, -0.2) is 69.8 Å². The SMILES string of the molecule is C.C.C.C.C.C.CCC(C)(C)C(=O)OC12CC3CC(CC(O)(C3)C1)C2.CCC(C)(C)C(=O)OC1C2CC3C1OC(=O)C3(C(=O)NC(C)=O)C2.CCC1(OC(=O)C(C)(C)CC)CCCC1. The van der Waals surface area contributed by atoms with Gasteiger partial charge in [-0.2, -0.15) is 0 Å². The van der Waals surface area contributed by atoms with Gasteiger partial charge in [-0.15, -0.1) is 0 Å². The van der Waals surface area contributed by atoms with Crippen molar-refractivity contribution in [2.24, 2.45) is 45.3 Å². The number of hydrogen-bond donors (Lipinski definition) is 2. The number of ether oxygens (including phenoxy) is 4. The molecule has 7 aliphatic carbocycles. The zero-order chi connectivity index (χ0) is 43.3. The third-order valence-electron chi connectivity index (χ3n) is 15.6. The molecule has 8 rings (SSSR count). The molecule has 0 radical (unpaired) electrons. The Kier molecular flexibility index (Phi) is 22.3. The highest BCUT2D eigenvalue weighted by Crippen LogP contribution is 2.63. The summed E-state index contributed by atoms with van der Waals surface area (Å²) in [7, 11) is 0. The van der Waals surface area contributed by atoms with Crippen LogP contribution in [0.1, 0.15) is 223 Å². The van der Waals surface area contributed by atoms with E-state index in [1.54, 1.807) is 0 Å². The lowest BCUT2D eigenvalue weighted by Gasteiger charge is -2.59. The summed E-state index contributed by atoms with van der Waals surface area (Å²) in [6.07, 6.45) is 13.1. The van der Waals surface area contributed by atoms with Gasteiger partial charge in [-0.05, 0) is 150 Å². The Morgan fingerprint density at radius 3 is 1.61 bits per heavy atom. The lowest BCUT2D eigenvalue weighted by Crippen LogP contribution is -2.61. The highest BCUT2D eigenvalue weighted by Gasteiger charge is 2.75. The van der Waals surface area contributed by atoms with Gasteiger partial charge in [-0.3, -0.25) is 34.1 Å². The van der Waals surface area contributed by atoms with E-state index in [-0.39, 0.29) is 97.3 Å². The summed E-state index contributed by atoms with van der Waals surface area (Å²) in [5, 5.41) is 12.9. The number of nitrogens with one attached hydrogen (secondary N) is 1. The zero-order valence-corrected chi connectivity index (χ0v) is 37.3. The molecule has 1 heterocycles. The molecule has 376 valence electrons. The molecule has 0 aromatic rings. The molecule has 0 aromatic carbocycles. The minimum absolute atomic E-state index is 0. The molecule has 0 spiro atoms. The number of amides is 2. The molecule has 7 saturated carbocycles. The summed E-state index contributed by atoms with van der Waals surface area (Å²) >= 11 is 0. The summed E-state index contributed by atoms with van der Waals surface area (Å²) < 4.78 is 22.8. The Balaban J connectivity index is 0. The van der Waals surface area contributed by atoms with Crippen LogP contribution in [0.5, 0.6) is 0 Å². The fraction of sp³-hybridized carbons (Fsp3) is 0.885. The number of esters is 4. The van der Waals surface area contributed by atoms with Crippen molar-refractivity contribution in [2.45, 2.75) is 252 Å². The number of rotatable bonds is 11. The van der Waals surface area contributed by atoms with E-state index < -0.39 is 51.8 Å². The molecule has 7 unspecified atom stereocenters. The van der Waals surface area contributed by atoms with E-state index in [1.807, 2.05) is 62.3 Å². The molecule has 2 amide bonds. The predicted molar refractivity (Wildman–Crippen MR) is 256 cm³/mol. The van der Waals surface area contributed by atoms with Gasteiger partial charge in [0.1, 0.15) is 23.4 Å². The first kappa shape index (κ1) is 63.1. The van der Waals surface area contributed by atoms with E-state index in [9.17, 15) is 33.9 Å². The van der Waals surface area contributed by atoms with E-state index >= 15 is 0 Å². The van der Waals surface area contributed by atoms with Crippen LogP contribution in [0.3, 0.4) is 0 Å². The fourth-order valence-corrected chi connectivity index (χ4v) is 10.9. The van der Waals surface area contributed by atoms with Crippen LogP contribution in [-0.2, 0) is 47.7 Å². The van der Waals surface area contributed by atoms with Crippen molar-refractivity contribution in [3.63, 3.8) is 0 Å². The van der Waals surface area contributed by atoms with E-state index in [1.165, 1.54) is 26.2 Å². The molecule has 64 heavy (non-hydrogen) atoms. The van der Waals surface area contributed by atoms with Crippen LogP contribution in [0.15, 0.2) is 0 Å². The number of aliphatic hydroxyl groups is 1. The lowest BCUT2D eigenvalue weighted by molar-refractivity contribution is -0.225. The van der Waals surface area contributed by atoms with Gasteiger partial charge in [-0.25, -0.2) is 0 Å². The maximum Gasteiger partial charge on any atom is 0.322 e. The Labute approximate surface area is 390 Å². The molecule has 8 fully saturated rings. The second-order valence-corrected chi connectivity index (χ2v) is 21.1. The van der Waals surface area contributed by atoms with Crippen LogP contribution < -0.4 is 5.32 Å². The summed E-state index contributed by atoms with van der Waals surface area (Å²) in [6, 6.07) is 0. The Hall–Kier alpha value is -3.02. The molecule has 8 aliphatic rings. The monoisotopic (exact) mass is 912 g/mol. The highest BCUT2D eigenvalue weighted by atomic mass is 16.6. The molecular formula is C52H97NO11. The largest absolute Gasteiger partial charge is 0.459 e. The smallest absolute Gasteiger partial charge is 0.322 e. The van der Waals surface area contributed by atoms with Crippen LogP contribution >= 0.6 is 0 Å². The van der Waals surface area contributed by atoms with E-state index in [0.29, 0.717) is 31.1 Å². The summed E-state index contributed by atoms with van der Waals surface area (Å²) in [6.45, 7) is 20.8. The molecule has 0 aromatic heterocycles. The van der Waals surface area contributed by atoms with Gasteiger partial charge in [0, 0.05) is 25.2 Å². The van der Waals surface area contributed by atoms with Crippen LogP contribution in [0.4, 0.5) is 0 Å². The second-order valence-electron chi connectivity index (χ2n) is 21.1. The van der Waals surface area contributed by atoms with Gasteiger partial charge < -0.3 is 24.1 Å². The van der Waals surface area contributed by atoms with Crippen molar-refractivity contribution >= 4 is 35.7 Å². The maximum atomic E-state index is 12.4. The zero-order valence-electron chi connectivity index (χ0n) is 37.3. The summed E-state index contributed by atoms with van der Waals surface area (Å²) in [5.74, 6) is -1.43. The van der Waals surface area contributed by atoms with E-state index in [4.69, 9.17) is 18.9 Å². The van der Waals surface area contributed by atoms with Crippen LogP contribution in [0.2, 0.25) is 0 Å². The summed E-state index contributed by atoms with van der Waals surface area (Å²) in [4.78, 5) is 72.7. The molecular weight excluding hydrogens is 815 g/mol. The minimum Gasteiger partial charge on any atom is -0.459 e. The first-order valence-electron chi connectivity index (χ1n) is 22.3. The topological polar surface area (TPSA) is 172 Å². The number of hydrogen-bond acceptors (Lipinski definition) is 11. The molecule has 7 atom stereocenters. The number of imide groups is 1. The lowest BCUT2D eigenvalue weighted by atomic mass is 9.52. The molecule has 6 bridgehead atoms. The number of carbonyl (C=O) groups excluding carboxylic acids is 6. The Morgan fingerprint density at radius 1 is 0.703 bits per heavy atom. The average molecular weight is 912 g/mol. The Bertz CT molecular complexity index is 1600. The van der Waals surface area contributed by atoms with E-state index in [2.05, 4.69) is 12.2 Å². The molecule has 1 aliphatic heterocycles. The van der Waals surface area contributed by atoms with Gasteiger partial charge in [-0.1, -0.05) is 72.3 Å². The first-order valence-corrected chi connectivity index (χ1v) is 22.3. The fourth-order valence-electron chi connectivity index (χ4n) is 10.9. The number of fused-ring (bicyclic) bond motifs is 1. The van der Waals surface area contributed by atoms with Crippen molar-refractivity contribution in [1.82, 2.24) is 5.32 Å². The van der Waals surface area contributed by atoms with Gasteiger partial charge >= 0.3 is 23.9 Å². The van der Waals surface area contributed by atoms with Crippen molar-refractivity contribution in [2.75, 3.05) is 0 Å². The van der Waals surface area contributed by atoms with Crippen molar-refractivity contribution in [3.8, 4) is 0 Å². The standard InChI is InChI=1S/C17H23NO6.C16H26O3.C13H24O2.6CH4/c1-5-16(3,4)14(21)23-11-9-6-10-12(11)24-15(22)17(10,7-9)13(20)18-8(2)19;1-4-14(2,3)13(17)19-16-8-11-5-12(9-16)7-15(18,6-11)10-16;1-5-12(3,4)11(14)15-13(6-2)9-7-8-10-13;;;;;;/h9-12H,5-7H2,1-4H3,(H,18,19,20);11-12,18H,4-10H2,1-3H3;5-10H2,1-4H3;6*1H4. The maximum absolute atomic E-state index is 12.4. The second kappa shape index (κ2) is 22.6. The molecule has 2 N–H and O–H groups in total. The predicted octanol–water partition coefficient (Wildman–Crippen LogP) is 11.5.